The van der Waals surface area contributed by atoms with Gasteiger partial charge in [-0.2, -0.15) is 0 Å². The van der Waals surface area contributed by atoms with Crippen LogP contribution in [0, 0.1) is 20.8 Å². The molecule has 0 atom stereocenters. The Hall–Kier alpha value is -1.96. The molecule has 2 nitrogen and oxygen atoms in total. The summed E-state index contributed by atoms with van der Waals surface area (Å²) in [5, 5.41) is 20.5. The number of phenolic OH excluding ortho intramolecular Hbond substituents is 2. The van der Waals surface area contributed by atoms with Crippen molar-refractivity contribution in [3.8, 4) is 11.5 Å². The van der Waals surface area contributed by atoms with Gasteiger partial charge in [-0.25, -0.2) is 0 Å². The fourth-order valence-corrected chi connectivity index (χ4v) is 4.09. The van der Waals surface area contributed by atoms with Crippen LogP contribution in [-0.2, 0) is 6.42 Å². The summed E-state index contributed by atoms with van der Waals surface area (Å²) < 4.78 is 0. The number of benzene rings is 2. The lowest BCUT2D eigenvalue weighted by atomic mass is 9.82. The third-order valence-electron chi connectivity index (χ3n) is 5.39. The van der Waals surface area contributed by atoms with Crippen LogP contribution in [0.3, 0.4) is 0 Å². The standard InChI is InChI=1S/C22H28O2/c1-14-9-17(10-15(2)21(14)23)12-18-11-16(3)22(24)20(13-18)19-7-5-4-6-8-19/h9-11,13,19,23-24H,4-8,12H2,1-3H3. The molecule has 0 heterocycles. The Morgan fingerprint density at radius 2 is 1.25 bits per heavy atom. The molecule has 0 radical (unpaired) electrons. The second kappa shape index (κ2) is 6.88. The molecular formula is C22H28O2. The van der Waals surface area contributed by atoms with Crippen molar-refractivity contribution in [3.63, 3.8) is 0 Å². The van der Waals surface area contributed by atoms with Crippen LogP contribution < -0.4 is 0 Å². The van der Waals surface area contributed by atoms with Gasteiger partial charge < -0.3 is 10.2 Å². The Morgan fingerprint density at radius 3 is 1.83 bits per heavy atom. The molecule has 2 heteroatoms. The van der Waals surface area contributed by atoms with Crippen LogP contribution in [0.4, 0.5) is 0 Å². The molecule has 0 spiro atoms. The van der Waals surface area contributed by atoms with Gasteiger partial charge in [-0.15, -0.1) is 0 Å². The Morgan fingerprint density at radius 1 is 0.750 bits per heavy atom. The molecule has 2 aromatic rings. The van der Waals surface area contributed by atoms with E-state index < -0.39 is 0 Å². The molecule has 0 amide bonds. The van der Waals surface area contributed by atoms with Gasteiger partial charge in [0.15, 0.2) is 0 Å². The fourth-order valence-electron chi connectivity index (χ4n) is 4.09. The van der Waals surface area contributed by atoms with Crippen molar-refractivity contribution >= 4 is 0 Å². The molecule has 0 saturated heterocycles. The van der Waals surface area contributed by atoms with Gasteiger partial charge in [0, 0.05) is 0 Å². The van der Waals surface area contributed by atoms with Crippen molar-refractivity contribution in [2.24, 2.45) is 0 Å². The molecule has 128 valence electrons. The largest absolute Gasteiger partial charge is 0.507 e. The van der Waals surface area contributed by atoms with Gasteiger partial charge in [0.1, 0.15) is 11.5 Å². The Labute approximate surface area is 145 Å². The average Bonchev–Trinajstić information content (AvgIpc) is 2.56. The predicted octanol–water partition coefficient (Wildman–Crippen LogP) is 5.66. The van der Waals surface area contributed by atoms with E-state index in [1.807, 2.05) is 20.8 Å². The van der Waals surface area contributed by atoms with Gasteiger partial charge >= 0.3 is 0 Å². The second-order valence-electron chi connectivity index (χ2n) is 7.44. The molecule has 0 bridgehead atoms. The van der Waals surface area contributed by atoms with Gasteiger partial charge in [-0.05, 0) is 79.3 Å². The van der Waals surface area contributed by atoms with Crippen molar-refractivity contribution < 1.29 is 10.2 Å². The first-order valence-electron chi connectivity index (χ1n) is 9.07. The molecule has 2 N–H and O–H groups in total. The third kappa shape index (κ3) is 3.43. The van der Waals surface area contributed by atoms with E-state index in [4.69, 9.17) is 0 Å². The molecule has 1 saturated carbocycles. The maximum absolute atomic E-state index is 10.5. The summed E-state index contributed by atoms with van der Waals surface area (Å²) in [6.45, 7) is 5.89. The summed E-state index contributed by atoms with van der Waals surface area (Å²) in [7, 11) is 0. The van der Waals surface area contributed by atoms with E-state index in [2.05, 4.69) is 24.3 Å². The monoisotopic (exact) mass is 324 g/mol. The highest BCUT2D eigenvalue weighted by atomic mass is 16.3. The van der Waals surface area contributed by atoms with Crippen molar-refractivity contribution in [1.29, 1.82) is 0 Å². The zero-order chi connectivity index (χ0) is 17.3. The van der Waals surface area contributed by atoms with Crippen LogP contribution in [-0.4, -0.2) is 10.2 Å². The van der Waals surface area contributed by atoms with Gasteiger partial charge in [0.25, 0.3) is 0 Å². The van der Waals surface area contributed by atoms with E-state index in [0.29, 0.717) is 17.4 Å². The molecular weight excluding hydrogens is 296 g/mol. The molecule has 1 aliphatic carbocycles. The van der Waals surface area contributed by atoms with Crippen LogP contribution in [0.15, 0.2) is 24.3 Å². The highest BCUT2D eigenvalue weighted by molar-refractivity contribution is 5.48. The smallest absolute Gasteiger partial charge is 0.121 e. The summed E-state index contributed by atoms with van der Waals surface area (Å²) in [5.74, 6) is 1.38. The zero-order valence-electron chi connectivity index (χ0n) is 15.0. The fraction of sp³-hybridized carbons (Fsp3) is 0.455. The minimum Gasteiger partial charge on any atom is -0.507 e. The number of hydrogen-bond donors (Lipinski definition) is 2. The Kier molecular flexibility index (Phi) is 4.84. The van der Waals surface area contributed by atoms with Gasteiger partial charge in [-0.3, -0.25) is 0 Å². The lowest BCUT2D eigenvalue weighted by Gasteiger charge is -2.24. The second-order valence-corrected chi connectivity index (χ2v) is 7.44. The zero-order valence-corrected chi connectivity index (χ0v) is 15.0. The molecule has 0 aromatic heterocycles. The first-order chi connectivity index (χ1) is 11.5. The van der Waals surface area contributed by atoms with Crippen LogP contribution in [0.2, 0.25) is 0 Å². The van der Waals surface area contributed by atoms with E-state index in [-0.39, 0.29) is 0 Å². The molecule has 3 rings (SSSR count). The molecule has 2 aromatic carbocycles. The third-order valence-corrected chi connectivity index (χ3v) is 5.39. The number of hydrogen-bond acceptors (Lipinski definition) is 2. The first kappa shape index (κ1) is 16.9. The Balaban J connectivity index is 1.92. The average molecular weight is 324 g/mol. The highest BCUT2D eigenvalue weighted by Gasteiger charge is 2.20. The van der Waals surface area contributed by atoms with Crippen LogP contribution in [0.1, 0.15) is 71.4 Å². The summed E-state index contributed by atoms with van der Waals surface area (Å²) in [6.07, 6.45) is 7.07. The number of phenols is 2. The lowest BCUT2D eigenvalue weighted by Crippen LogP contribution is -2.06. The van der Waals surface area contributed by atoms with Gasteiger partial charge in [0.05, 0.1) is 0 Å². The van der Waals surface area contributed by atoms with E-state index in [1.165, 1.54) is 43.2 Å². The Bertz CT molecular complexity index is 717. The molecule has 1 aliphatic rings. The van der Waals surface area contributed by atoms with Crippen molar-refractivity contribution in [1.82, 2.24) is 0 Å². The quantitative estimate of drug-likeness (QED) is 0.764. The van der Waals surface area contributed by atoms with E-state index in [9.17, 15) is 10.2 Å². The van der Waals surface area contributed by atoms with Crippen molar-refractivity contribution in [2.75, 3.05) is 0 Å². The molecule has 0 unspecified atom stereocenters. The normalized spacial score (nSPS) is 15.6. The molecule has 1 fully saturated rings. The highest BCUT2D eigenvalue weighted by Crippen LogP contribution is 2.39. The number of aromatic hydroxyl groups is 2. The maximum Gasteiger partial charge on any atom is 0.121 e. The van der Waals surface area contributed by atoms with Crippen LogP contribution in [0.5, 0.6) is 11.5 Å². The SMILES string of the molecule is Cc1cc(Cc2cc(C)c(O)c(C3CCCCC3)c2)cc(C)c1O. The van der Waals surface area contributed by atoms with E-state index in [1.54, 1.807) is 0 Å². The number of rotatable bonds is 3. The minimum atomic E-state index is 0.392. The van der Waals surface area contributed by atoms with E-state index >= 15 is 0 Å². The summed E-state index contributed by atoms with van der Waals surface area (Å²) in [5.41, 5.74) is 6.41. The van der Waals surface area contributed by atoms with Crippen molar-refractivity contribution in [3.05, 3.63) is 57.6 Å². The van der Waals surface area contributed by atoms with E-state index in [0.717, 1.165) is 28.7 Å². The molecule has 0 aliphatic heterocycles. The minimum absolute atomic E-state index is 0.392. The summed E-state index contributed by atoms with van der Waals surface area (Å²) in [6, 6.07) is 8.42. The predicted molar refractivity (Wildman–Crippen MR) is 99.1 cm³/mol. The first-order valence-corrected chi connectivity index (χ1v) is 9.07. The lowest BCUT2D eigenvalue weighted by molar-refractivity contribution is 0.412. The van der Waals surface area contributed by atoms with Gasteiger partial charge in [-0.1, -0.05) is 43.5 Å². The topological polar surface area (TPSA) is 40.5 Å². The van der Waals surface area contributed by atoms with Gasteiger partial charge in [0.2, 0.25) is 0 Å². The van der Waals surface area contributed by atoms with Crippen molar-refractivity contribution in [2.45, 2.75) is 65.2 Å². The maximum atomic E-state index is 10.5. The summed E-state index contributed by atoms with van der Waals surface area (Å²) >= 11 is 0. The molecule has 24 heavy (non-hydrogen) atoms. The van der Waals surface area contributed by atoms with Crippen LogP contribution >= 0.6 is 0 Å². The van der Waals surface area contributed by atoms with Crippen LogP contribution in [0.25, 0.3) is 0 Å². The summed E-state index contributed by atoms with van der Waals surface area (Å²) in [4.78, 5) is 0. The number of aryl methyl sites for hydroxylation is 3.